The predicted molar refractivity (Wildman–Crippen MR) is 89.0 cm³/mol. The number of aromatic nitrogens is 1. The predicted octanol–water partition coefficient (Wildman–Crippen LogP) is 3.78. The molecular weight excluding hydrogens is 280 g/mol. The molecule has 2 aromatic rings. The number of hydrogen-bond acceptors (Lipinski definition) is 4. The van der Waals surface area contributed by atoms with E-state index >= 15 is 0 Å². The van der Waals surface area contributed by atoms with Gasteiger partial charge < -0.3 is 10.1 Å². The highest BCUT2D eigenvalue weighted by Gasteiger charge is 2.41. The number of nitrogens with zero attached hydrogens (tertiary/aromatic N) is 1. The number of benzene rings is 1. The van der Waals surface area contributed by atoms with Crippen molar-refractivity contribution in [3.8, 4) is 0 Å². The molecule has 0 amide bonds. The molecule has 21 heavy (non-hydrogen) atoms. The van der Waals surface area contributed by atoms with Gasteiger partial charge in [0, 0.05) is 19.1 Å². The second-order valence-electron chi connectivity index (χ2n) is 5.83. The van der Waals surface area contributed by atoms with Crippen LogP contribution < -0.4 is 5.32 Å². The SMILES string of the molecule is CCOC1(C(Cc2nc3ccccc3s2)NC)CCCC1. The fourth-order valence-corrected chi connectivity index (χ4v) is 4.60. The van der Waals surface area contributed by atoms with Crippen LogP contribution in [0.25, 0.3) is 10.2 Å². The van der Waals surface area contributed by atoms with Gasteiger partial charge in [0.1, 0.15) is 0 Å². The van der Waals surface area contributed by atoms with Gasteiger partial charge in [-0.05, 0) is 38.9 Å². The van der Waals surface area contributed by atoms with E-state index in [4.69, 9.17) is 9.72 Å². The first-order valence-corrected chi connectivity index (χ1v) is 8.75. The summed E-state index contributed by atoms with van der Waals surface area (Å²) in [6.45, 7) is 2.89. The Kier molecular flexibility index (Phi) is 4.57. The van der Waals surface area contributed by atoms with Crippen molar-refractivity contribution < 1.29 is 4.74 Å². The Balaban J connectivity index is 1.82. The van der Waals surface area contributed by atoms with Crippen LogP contribution in [0.3, 0.4) is 0 Å². The molecule has 1 unspecified atom stereocenters. The third-order valence-electron chi connectivity index (χ3n) is 4.58. The zero-order valence-corrected chi connectivity index (χ0v) is 13.7. The zero-order chi connectivity index (χ0) is 14.7. The first-order chi connectivity index (χ1) is 10.3. The number of para-hydroxylation sites is 1. The van der Waals surface area contributed by atoms with Gasteiger partial charge in [-0.15, -0.1) is 11.3 Å². The van der Waals surface area contributed by atoms with Crippen molar-refractivity contribution in [3.63, 3.8) is 0 Å². The van der Waals surface area contributed by atoms with Crippen molar-refractivity contribution in [2.45, 2.75) is 50.7 Å². The summed E-state index contributed by atoms with van der Waals surface area (Å²) in [5.74, 6) is 0. The van der Waals surface area contributed by atoms with Crippen molar-refractivity contribution in [1.29, 1.82) is 0 Å². The molecule has 0 aliphatic heterocycles. The highest BCUT2D eigenvalue weighted by atomic mass is 32.1. The lowest BCUT2D eigenvalue weighted by Gasteiger charge is -2.37. The van der Waals surface area contributed by atoms with Crippen molar-refractivity contribution in [1.82, 2.24) is 10.3 Å². The largest absolute Gasteiger partial charge is 0.374 e. The maximum Gasteiger partial charge on any atom is 0.0955 e. The molecule has 1 saturated carbocycles. The molecule has 1 atom stereocenters. The van der Waals surface area contributed by atoms with Gasteiger partial charge >= 0.3 is 0 Å². The van der Waals surface area contributed by atoms with Crippen LogP contribution in [0.5, 0.6) is 0 Å². The lowest BCUT2D eigenvalue weighted by atomic mass is 9.89. The van der Waals surface area contributed by atoms with Gasteiger partial charge in [0.2, 0.25) is 0 Å². The van der Waals surface area contributed by atoms with E-state index in [1.165, 1.54) is 22.5 Å². The van der Waals surface area contributed by atoms with Crippen LogP contribution in [0.1, 0.15) is 37.6 Å². The van der Waals surface area contributed by atoms with E-state index in [1.807, 2.05) is 11.3 Å². The normalized spacial score (nSPS) is 19.1. The molecule has 1 aromatic carbocycles. The van der Waals surface area contributed by atoms with Crippen LogP contribution in [-0.4, -0.2) is 30.3 Å². The first-order valence-electron chi connectivity index (χ1n) is 7.93. The van der Waals surface area contributed by atoms with Gasteiger partial charge in [0.05, 0.1) is 20.8 Å². The molecule has 1 aliphatic rings. The smallest absolute Gasteiger partial charge is 0.0955 e. The van der Waals surface area contributed by atoms with E-state index in [2.05, 4.69) is 43.6 Å². The van der Waals surface area contributed by atoms with E-state index in [0.717, 1.165) is 31.4 Å². The van der Waals surface area contributed by atoms with Gasteiger partial charge in [0.25, 0.3) is 0 Å². The summed E-state index contributed by atoms with van der Waals surface area (Å²) >= 11 is 1.81. The Morgan fingerprint density at radius 1 is 1.33 bits per heavy atom. The molecule has 1 heterocycles. The minimum absolute atomic E-state index is 0.00134. The topological polar surface area (TPSA) is 34.1 Å². The lowest BCUT2D eigenvalue weighted by Crippen LogP contribution is -2.51. The molecule has 1 aromatic heterocycles. The van der Waals surface area contributed by atoms with Gasteiger partial charge in [-0.25, -0.2) is 4.98 Å². The molecule has 1 fully saturated rings. The molecule has 0 bridgehead atoms. The van der Waals surface area contributed by atoms with Crippen molar-refractivity contribution in [2.75, 3.05) is 13.7 Å². The van der Waals surface area contributed by atoms with Crippen LogP contribution in [0.4, 0.5) is 0 Å². The van der Waals surface area contributed by atoms with Gasteiger partial charge in [-0.1, -0.05) is 25.0 Å². The van der Waals surface area contributed by atoms with Gasteiger partial charge in [-0.3, -0.25) is 0 Å². The minimum Gasteiger partial charge on any atom is -0.374 e. The van der Waals surface area contributed by atoms with Crippen LogP contribution in [-0.2, 0) is 11.2 Å². The number of hydrogen-bond donors (Lipinski definition) is 1. The fourth-order valence-electron chi connectivity index (χ4n) is 3.59. The number of thiazole rings is 1. The fraction of sp³-hybridized carbons (Fsp3) is 0.588. The summed E-state index contributed by atoms with van der Waals surface area (Å²) in [4.78, 5) is 4.79. The maximum absolute atomic E-state index is 6.20. The van der Waals surface area contributed by atoms with Crippen molar-refractivity contribution in [2.24, 2.45) is 0 Å². The molecule has 3 rings (SSSR count). The summed E-state index contributed by atoms with van der Waals surface area (Å²) in [5.41, 5.74) is 1.12. The Labute approximate surface area is 130 Å². The van der Waals surface area contributed by atoms with Gasteiger partial charge in [-0.2, -0.15) is 0 Å². The van der Waals surface area contributed by atoms with E-state index in [0.29, 0.717) is 6.04 Å². The molecule has 1 aliphatic carbocycles. The summed E-state index contributed by atoms with van der Waals surface area (Å²) in [7, 11) is 2.05. The monoisotopic (exact) mass is 304 g/mol. The molecule has 0 radical (unpaired) electrons. The van der Waals surface area contributed by atoms with Gasteiger partial charge in [0.15, 0.2) is 0 Å². The third-order valence-corrected chi connectivity index (χ3v) is 5.64. The summed E-state index contributed by atoms with van der Waals surface area (Å²) in [5, 5.41) is 4.71. The van der Waals surface area contributed by atoms with Crippen LogP contribution in [0.15, 0.2) is 24.3 Å². The first kappa shape index (κ1) is 14.9. The summed E-state index contributed by atoms with van der Waals surface area (Å²) in [6, 6.07) is 8.73. The second kappa shape index (κ2) is 6.42. The average Bonchev–Trinajstić information content (AvgIpc) is 3.11. The van der Waals surface area contributed by atoms with Crippen molar-refractivity contribution in [3.05, 3.63) is 29.3 Å². The van der Waals surface area contributed by atoms with E-state index in [9.17, 15) is 0 Å². The molecule has 4 heteroatoms. The summed E-state index contributed by atoms with van der Waals surface area (Å²) in [6.07, 6.45) is 5.83. The number of ether oxygens (including phenoxy) is 1. The molecule has 0 saturated heterocycles. The molecular formula is C17H24N2OS. The number of likely N-dealkylation sites (N-methyl/N-ethyl adjacent to an activating group) is 1. The van der Waals surface area contributed by atoms with Crippen LogP contribution in [0, 0.1) is 0 Å². The number of rotatable bonds is 6. The zero-order valence-electron chi connectivity index (χ0n) is 12.9. The van der Waals surface area contributed by atoms with Crippen LogP contribution >= 0.6 is 11.3 Å². The number of fused-ring (bicyclic) bond motifs is 1. The van der Waals surface area contributed by atoms with Crippen LogP contribution in [0.2, 0.25) is 0 Å². The van der Waals surface area contributed by atoms with Crippen molar-refractivity contribution >= 4 is 21.6 Å². The molecule has 1 N–H and O–H groups in total. The number of nitrogens with one attached hydrogen (secondary N) is 1. The molecule has 114 valence electrons. The Morgan fingerprint density at radius 3 is 2.76 bits per heavy atom. The third kappa shape index (κ3) is 2.98. The molecule has 3 nitrogen and oxygen atoms in total. The Morgan fingerprint density at radius 2 is 2.10 bits per heavy atom. The highest BCUT2D eigenvalue weighted by molar-refractivity contribution is 7.18. The second-order valence-corrected chi connectivity index (χ2v) is 6.94. The summed E-state index contributed by atoms with van der Waals surface area (Å²) < 4.78 is 7.48. The van der Waals surface area contributed by atoms with E-state index < -0.39 is 0 Å². The maximum atomic E-state index is 6.20. The van der Waals surface area contributed by atoms with E-state index in [1.54, 1.807) is 0 Å². The molecule has 0 spiro atoms. The quantitative estimate of drug-likeness (QED) is 0.882. The highest BCUT2D eigenvalue weighted by Crippen LogP contribution is 2.38. The lowest BCUT2D eigenvalue weighted by molar-refractivity contribution is -0.0597. The van der Waals surface area contributed by atoms with E-state index in [-0.39, 0.29) is 5.60 Å². The average molecular weight is 304 g/mol. The Bertz CT molecular complexity index is 556. The standard InChI is InChI=1S/C17H24N2OS/c1-3-20-17(10-6-7-11-17)15(18-2)12-16-19-13-8-4-5-9-14(13)21-16/h4-5,8-9,15,18H,3,6-7,10-12H2,1-2H3. The minimum atomic E-state index is 0.00134. The Hall–Kier alpha value is -0.970.